The molecule has 0 aliphatic rings. The lowest BCUT2D eigenvalue weighted by Gasteiger charge is -2.09. The SMILES string of the molecule is CC(C)=CCc1cc(/C=C/C(=O)O)cc(C(=O)NCc2ccc(C)cc2)c1. The van der Waals surface area contributed by atoms with E-state index in [0.29, 0.717) is 24.1 Å². The van der Waals surface area contributed by atoms with Gasteiger partial charge in [0.1, 0.15) is 0 Å². The van der Waals surface area contributed by atoms with Crippen molar-refractivity contribution in [1.29, 1.82) is 0 Å². The van der Waals surface area contributed by atoms with Crippen LogP contribution in [0, 0.1) is 6.92 Å². The molecule has 2 aromatic rings. The molecular formula is C23H25NO3. The second-order valence-electron chi connectivity index (χ2n) is 6.79. The highest BCUT2D eigenvalue weighted by Crippen LogP contribution is 2.15. The third kappa shape index (κ3) is 6.94. The number of aryl methyl sites for hydroxylation is 1. The zero-order valence-electron chi connectivity index (χ0n) is 16.0. The predicted octanol–water partition coefficient (Wildman–Crippen LogP) is 4.53. The van der Waals surface area contributed by atoms with Crippen LogP contribution in [0.25, 0.3) is 6.08 Å². The molecule has 0 radical (unpaired) electrons. The highest BCUT2D eigenvalue weighted by Gasteiger charge is 2.08. The van der Waals surface area contributed by atoms with Gasteiger partial charge < -0.3 is 10.4 Å². The molecule has 2 aromatic carbocycles. The first-order valence-electron chi connectivity index (χ1n) is 8.85. The lowest BCUT2D eigenvalue weighted by Crippen LogP contribution is -2.23. The van der Waals surface area contributed by atoms with Crippen molar-refractivity contribution in [1.82, 2.24) is 5.32 Å². The van der Waals surface area contributed by atoms with E-state index in [-0.39, 0.29) is 5.91 Å². The third-order valence-corrected chi connectivity index (χ3v) is 4.02. The van der Waals surface area contributed by atoms with Crippen molar-refractivity contribution in [2.75, 3.05) is 0 Å². The summed E-state index contributed by atoms with van der Waals surface area (Å²) < 4.78 is 0. The van der Waals surface area contributed by atoms with Gasteiger partial charge in [-0.1, -0.05) is 47.5 Å². The summed E-state index contributed by atoms with van der Waals surface area (Å²) in [4.78, 5) is 23.4. The number of hydrogen-bond acceptors (Lipinski definition) is 2. The molecule has 27 heavy (non-hydrogen) atoms. The van der Waals surface area contributed by atoms with Gasteiger partial charge in [-0.05, 0) is 62.1 Å². The number of rotatable bonds is 7. The molecule has 2 rings (SSSR count). The van der Waals surface area contributed by atoms with Crippen molar-refractivity contribution in [2.24, 2.45) is 0 Å². The Kier molecular flexibility index (Phi) is 7.12. The minimum Gasteiger partial charge on any atom is -0.478 e. The number of carboxylic acid groups (broad SMARTS) is 1. The molecule has 0 unspecified atom stereocenters. The normalized spacial score (nSPS) is 10.6. The van der Waals surface area contributed by atoms with E-state index in [9.17, 15) is 9.59 Å². The summed E-state index contributed by atoms with van der Waals surface area (Å²) in [6, 6.07) is 13.4. The summed E-state index contributed by atoms with van der Waals surface area (Å²) in [6.45, 7) is 6.50. The van der Waals surface area contributed by atoms with E-state index in [1.165, 1.54) is 17.2 Å². The molecule has 0 saturated heterocycles. The minimum absolute atomic E-state index is 0.181. The van der Waals surface area contributed by atoms with E-state index in [1.54, 1.807) is 6.07 Å². The number of carbonyl (C=O) groups excluding carboxylic acids is 1. The van der Waals surface area contributed by atoms with Crippen LogP contribution in [0.5, 0.6) is 0 Å². The smallest absolute Gasteiger partial charge is 0.328 e. The van der Waals surface area contributed by atoms with Gasteiger partial charge in [0.05, 0.1) is 0 Å². The van der Waals surface area contributed by atoms with Crippen molar-refractivity contribution >= 4 is 18.0 Å². The van der Waals surface area contributed by atoms with Gasteiger partial charge in [0, 0.05) is 18.2 Å². The Balaban J connectivity index is 2.21. The van der Waals surface area contributed by atoms with Crippen LogP contribution in [-0.2, 0) is 17.8 Å². The number of aliphatic carboxylic acids is 1. The van der Waals surface area contributed by atoms with Crippen LogP contribution < -0.4 is 5.32 Å². The maximum Gasteiger partial charge on any atom is 0.328 e. The van der Waals surface area contributed by atoms with Crippen LogP contribution in [0.4, 0.5) is 0 Å². The van der Waals surface area contributed by atoms with Crippen molar-refractivity contribution < 1.29 is 14.7 Å². The average molecular weight is 363 g/mol. The number of carboxylic acids is 1. The summed E-state index contributed by atoms with van der Waals surface area (Å²) in [7, 11) is 0. The first-order chi connectivity index (χ1) is 12.8. The van der Waals surface area contributed by atoms with Crippen molar-refractivity contribution in [3.63, 3.8) is 0 Å². The molecule has 0 aliphatic carbocycles. The van der Waals surface area contributed by atoms with Crippen LogP contribution >= 0.6 is 0 Å². The van der Waals surface area contributed by atoms with Crippen LogP contribution in [0.1, 0.15) is 46.5 Å². The fourth-order valence-corrected chi connectivity index (χ4v) is 2.54. The number of nitrogens with one attached hydrogen (secondary N) is 1. The molecule has 0 heterocycles. The van der Waals surface area contributed by atoms with Gasteiger partial charge >= 0.3 is 5.97 Å². The maximum absolute atomic E-state index is 12.6. The van der Waals surface area contributed by atoms with Crippen LogP contribution in [0.15, 0.2) is 60.2 Å². The first-order valence-corrected chi connectivity index (χ1v) is 8.85. The summed E-state index contributed by atoms with van der Waals surface area (Å²) in [5.41, 5.74) is 5.56. The lowest BCUT2D eigenvalue weighted by atomic mass is 10.0. The van der Waals surface area contributed by atoms with Gasteiger partial charge in [-0.25, -0.2) is 4.79 Å². The van der Waals surface area contributed by atoms with Crippen molar-refractivity contribution in [3.8, 4) is 0 Å². The Morgan fingerprint density at radius 3 is 2.37 bits per heavy atom. The second kappa shape index (κ2) is 9.53. The predicted molar refractivity (Wildman–Crippen MR) is 109 cm³/mol. The molecule has 0 atom stereocenters. The van der Waals surface area contributed by atoms with Crippen molar-refractivity contribution in [2.45, 2.75) is 33.7 Å². The molecule has 140 valence electrons. The molecule has 4 nitrogen and oxygen atoms in total. The van der Waals surface area contributed by atoms with Crippen molar-refractivity contribution in [3.05, 3.63) is 88.0 Å². The van der Waals surface area contributed by atoms with E-state index in [4.69, 9.17) is 5.11 Å². The summed E-state index contributed by atoms with van der Waals surface area (Å²) in [5, 5.41) is 11.8. The van der Waals surface area contributed by atoms with Gasteiger partial charge in [-0.15, -0.1) is 0 Å². The Morgan fingerprint density at radius 1 is 1.04 bits per heavy atom. The van der Waals surface area contributed by atoms with E-state index in [1.807, 2.05) is 57.2 Å². The Bertz CT molecular complexity index is 873. The van der Waals surface area contributed by atoms with Crippen LogP contribution in [0.3, 0.4) is 0 Å². The average Bonchev–Trinajstić information content (AvgIpc) is 2.64. The van der Waals surface area contributed by atoms with E-state index < -0.39 is 5.97 Å². The quantitative estimate of drug-likeness (QED) is 0.561. The number of hydrogen-bond donors (Lipinski definition) is 2. The van der Waals surface area contributed by atoms with Gasteiger partial charge in [0.15, 0.2) is 0 Å². The maximum atomic E-state index is 12.6. The Hall–Kier alpha value is -3.14. The van der Waals surface area contributed by atoms with Gasteiger partial charge in [0.2, 0.25) is 0 Å². The zero-order chi connectivity index (χ0) is 19.8. The second-order valence-corrected chi connectivity index (χ2v) is 6.79. The molecule has 0 saturated carbocycles. The molecule has 4 heteroatoms. The molecule has 0 spiro atoms. The molecule has 0 aromatic heterocycles. The standard InChI is InChI=1S/C23H25NO3/c1-16(2)4-7-19-12-20(10-11-22(25)26)14-21(13-19)23(27)24-15-18-8-5-17(3)6-9-18/h4-6,8-14H,7,15H2,1-3H3,(H,24,27)(H,25,26)/b11-10+. The highest BCUT2D eigenvalue weighted by atomic mass is 16.4. The molecule has 2 N–H and O–H groups in total. The zero-order valence-corrected chi connectivity index (χ0v) is 16.0. The van der Waals surface area contributed by atoms with E-state index >= 15 is 0 Å². The van der Waals surface area contributed by atoms with Gasteiger partial charge in [-0.3, -0.25) is 4.79 Å². The molecule has 0 fully saturated rings. The number of benzene rings is 2. The monoisotopic (exact) mass is 363 g/mol. The molecule has 0 bridgehead atoms. The fraction of sp³-hybridized carbons (Fsp3) is 0.217. The summed E-state index contributed by atoms with van der Waals surface area (Å²) in [6.07, 6.45) is 5.35. The summed E-state index contributed by atoms with van der Waals surface area (Å²) in [5.74, 6) is -1.20. The first kappa shape index (κ1) is 20.2. The van der Waals surface area contributed by atoms with Crippen LogP contribution in [0.2, 0.25) is 0 Å². The highest BCUT2D eigenvalue weighted by molar-refractivity contribution is 5.95. The lowest BCUT2D eigenvalue weighted by molar-refractivity contribution is -0.131. The van der Waals surface area contributed by atoms with E-state index in [2.05, 4.69) is 11.4 Å². The number of carbonyl (C=O) groups is 2. The molecular weight excluding hydrogens is 338 g/mol. The largest absolute Gasteiger partial charge is 0.478 e. The molecule has 1 amide bonds. The van der Waals surface area contributed by atoms with Gasteiger partial charge in [0.25, 0.3) is 5.91 Å². The Labute approximate surface area is 160 Å². The Morgan fingerprint density at radius 2 is 1.74 bits per heavy atom. The topological polar surface area (TPSA) is 66.4 Å². The van der Waals surface area contributed by atoms with Crippen LogP contribution in [-0.4, -0.2) is 17.0 Å². The fourth-order valence-electron chi connectivity index (χ4n) is 2.54. The summed E-state index contributed by atoms with van der Waals surface area (Å²) >= 11 is 0. The number of amides is 1. The molecule has 0 aliphatic heterocycles. The van der Waals surface area contributed by atoms with Gasteiger partial charge in [-0.2, -0.15) is 0 Å². The third-order valence-electron chi connectivity index (χ3n) is 4.02. The van der Waals surface area contributed by atoms with E-state index in [0.717, 1.165) is 17.2 Å². The minimum atomic E-state index is -1.02. The number of allylic oxidation sites excluding steroid dienone is 2.